The number of hydrogen-bond acceptors (Lipinski definition) is 1. The number of halogens is 2. The molecule has 1 aromatic heterocycles. The van der Waals surface area contributed by atoms with Gasteiger partial charge in [-0.05, 0) is 47.9 Å². The number of rotatable bonds is 2. The highest BCUT2D eigenvalue weighted by atomic mass is 35.5. The van der Waals surface area contributed by atoms with Crippen molar-refractivity contribution in [3.63, 3.8) is 0 Å². The van der Waals surface area contributed by atoms with Crippen molar-refractivity contribution in [3.8, 4) is 5.69 Å². The van der Waals surface area contributed by atoms with Gasteiger partial charge in [0.2, 0.25) is 0 Å². The van der Waals surface area contributed by atoms with Crippen molar-refractivity contribution in [2.75, 3.05) is 5.32 Å². The Balaban J connectivity index is 1.74. The first-order valence-corrected chi connectivity index (χ1v) is 9.61. The quantitative estimate of drug-likeness (QED) is 0.564. The van der Waals surface area contributed by atoms with Crippen LogP contribution in [-0.2, 0) is 6.54 Å². The highest BCUT2D eigenvalue weighted by Crippen LogP contribution is 2.37. The lowest BCUT2D eigenvalue weighted by atomic mass is 9.99. The summed E-state index contributed by atoms with van der Waals surface area (Å²) in [6, 6.07) is 16.0. The van der Waals surface area contributed by atoms with Crippen LogP contribution in [0.4, 0.5) is 14.9 Å². The second-order valence-electron chi connectivity index (χ2n) is 7.31. The van der Waals surface area contributed by atoms with Crippen molar-refractivity contribution in [1.29, 1.82) is 0 Å². The van der Waals surface area contributed by atoms with E-state index in [9.17, 15) is 9.18 Å². The highest BCUT2D eigenvalue weighted by Gasteiger charge is 2.33. The summed E-state index contributed by atoms with van der Waals surface area (Å²) in [5, 5.41) is 2.85. The van der Waals surface area contributed by atoms with Gasteiger partial charge in [0.05, 0.1) is 23.3 Å². The van der Waals surface area contributed by atoms with Gasteiger partial charge < -0.3 is 14.8 Å². The minimum absolute atomic E-state index is 0.0201. The first kappa shape index (κ1) is 18.6. The number of para-hydroxylation sites is 1. The van der Waals surface area contributed by atoms with E-state index in [0.29, 0.717) is 12.2 Å². The number of amides is 2. The number of nitrogens with zero attached hydrogens (tertiary/aromatic N) is 2. The van der Waals surface area contributed by atoms with Crippen LogP contribution in [0.3, 0.4) is 0 Å². The van der Waals surface area contributed by atoms with Crippen molar-refractivity contribution in [1.82, 2.24) is 9.47 Å². The van der Waals surface area contributed by atoms with Crippen molar-refractivity contribution in [2.45, 2.75) is 26.4 Å². The molecule has 0 saturated heterocycles. The zero-order valence-electron chi connectivity index (χ0n) is 15.7. The largest absolute Gasteiger partial charge is 0.322 e. The topological polar surface area (TPSA) is 37.3 Å². The van der Waals surface area contributed by atoms with Gasteiger partial charge in [0, 0.05) is 17.6 Å². The van der Waals surface area contributed by atoms with E-state index in [-0.39, 0.29) is 23.0 Å². The molecule has 28 heavy (non-hydrogen) atoms. The maximum atomic E-state index is 13.4. The van der Waals surface area contributed by atoms with Gasteiger partial charge in [-0.1, -0.05) is 43.6 Å². The fourth-order valence-corrected chi connectivity index (χ4v) is 4.02. The third kappa shape index (κ3) is 3.27. The number of benzene rings is 2. The van der Waals surface area contributed by atoms with Crippen LogP contribution in [-0.4, -0.2) is 15.5 Å². The predicted molar refractivity (Wildman–Crippen MR) is 109 cm³/mol. The Kier molecular flexibility index (Phi) is 4.85. The molecule has 2 amide bonds. The lowest BCUT2D eigenvalue weighted by Crippen LogP contribution is -2.39. The van der Waals surface area contributed by atoms with Crippen molar-refractivity contribution >= 4 is 23.3 Å². The first-order chi connectivity index (χ1) is 13.5. The minimum atomic E-state index is -0.513. The fraction of sp³-hybridized carbons (Fsp3) is 0.227. The number of hydrogen-bond donors (Lipinski definition) is 1. The molecule has 0 bridgehead atoms. The Bertz CT molecular complexity index is 1030. The van der Waals surface area contributed by atoms with Crippen molar-refractivity contribution in [2.24, 2.45) is 5.92 Å². The average molecular weight is 398 g/mol. The van der Waals surface area contributed by atoms with Crippen LogP contribution in [0.1, 0.15) is 31.1 Å². The number of carbonyl (C=O) groups is 1. The molecule has 1 aliphatic heterocycles. The van der Waals surface area contributed by atoms with E-state index in [1.165, 1.54) is 18.2 Å². The van der Waals surface area contributed by atoms with Crippen LogP contribution in [0.15, 0.2) is 60.8 Å². The van der Waals surface area contributed by atoms with E-state index in [1.807, 2.05) is 35.4 Å². The molecule has 4 nitrogen and oxygen atoms in total. The number of nitrogens with one attached hydrogen (secondary N) is 1. The number of carbonyl (C=O) groups excluding carboxylic acids is 1. The Hall–Kier alpha value is -2.79. The maximum Gasteiger partial charge on any atom is 0.322 e. The molecule has 0 fully saturated rings. The van der Waals surface area contributed by atoms with Crippen LogP contribution in [0.25, 0.3) is 5.69 Å². The second-order valence-corrected chi connectivity index (χ2v) is 7.71. The summed E-state index contributed by atoms with van der Waals surface area (Å²) < 4.78 is 15.6. The molecule has 144 valence electrons. The van der Waals surface area contributed by atoms with E-state index in [4.69, 9.17) is 11.6 Å². The Morgan fingerprint density at radius 1 is 1.18 bits per heavy atom. The minimum Gasteiger partial charge on any atom is -0.318 e. The molecule has 0 spiro atoms. The SMILES string of the molecule is CC(C)[C@@H]1c2cccn2-c2ccccc2CN1C(=O)Nc1ccc(F)c(Cl)c1. The molecule has 1 N–H and O–H groups in total. The predicted octanol–water partition coefficient (Wildman–Crippen LogP) is 6.01. The van der Waals surface area contributed by atoms with Crippen LogP contribution < -0.4 is 5.32 Å². The van der Waals surface area contributed by atoms with Gasteiger partial charge in [0.1, 0.15) is 5.82 Å². The normalized spacial score (nSPS) is 15.8. The maximum absolute atomic E-state index is 13.4. The molecule has 2 heterocycles. The lowest BCUT2D eigenvalue weighted by molar-refractivity contribution is 0.162. The summed E-state index contributed by atoms with van der Waals surface area (Å²) in [5.74, 6) is -0.313. The summed E-state index contributed by atoms with van der Waals surface area (Å²) >= 11 is 5.86. The number of anilines is 1. The number of aromatic nitrogens is 1. The van der Waals surface area contributed by atoms with Gasteiger partial charge in [-0.25, -0.2) is 9.18 Å². The van der Waals surface area contributed by atoms with Gasteiger partial charge in [-0.3, -0.25) is 0 Å². The van der Waals surface area contributed by atoms with Gasteiger partial charge in [0.25, 0.3) is 0 Å². The zero-order chi connectivity index (χ0) is 19.8. The van der Waals surface area contributed by atoms with Gasteiger partial charge in [-0.2, -0.15) is 0 Å². The molecule has 6 heteroatoms. The van der Waals surface area contributed by atoms with Crippen LogP contribution in [0.2, 0.25) is 5.02 Å². The molecule has 0 radical (unpaired) electrons. The van der Waals surface area contributed by atoms with Gasteiger partial charge in [-0.15, -0.1) is 0 Å². The molecule has 4 rings (SSSR count). The molecule has 0 saturated carbocycles. The molecule has 1 atom stereocenters. The molecular formula is C22H21ClFN3O. The smallest absolute Gasteiger partial charge is 0.318 e. The van der Waals surface area contributed by atoms with Crippen LogP contribution in [0, 0.1) is 11.7 Å². The Morgan fingerprint density at radius 2 is 1.96 bits per heavy atom. The average Bonchev–Trinajstić information content (AvgIpc) is 3.08. The summed E-state index contributed by atoms with van der Waals surface area (Å²) in [4.78, 5) is 15.1. The molecule has 0 aliphatic carbocycles. The standard InChI is InChI=1S/C22H21ClFN3O/c1-14(2)21-20-8-5-11-26(20)19-7-4-3-6-15(19)13-27(21)22(28)25-16-9-10-18(24)17(23)12-16/h3-12,14,21H,13H2,1-2H3,(H,25,28)/t21-/m1/s1. The van der Waals surface area contributed by atoms with Crippen molar-refractivity contribution < 1.29 is 9.18 Å². The first-order valence-electron chi connectivity index (χ1n) is 9.24. The molecule has 3 aromatic rings. The summed E-state index contributed by atoms with van der Waals surface area (Å²) in [7, 11) is 0. The summed E-state index contributed by atoms with van der Waals surface area (Å²) in [6.07, 6.45) is 2.03. The Labute approximate surface area is 168 Å². The monoisotopic (exact) mass is 397 g/mol. The molecule has 1 aliphatic rings. The van der Waals surface area contributed by atoms with Crippen LogP contribution >= 0.6 is 11.6 Å². The number of fused-ring (bicyclic) bond motifs is 3. The van der Waals surface area contributed by atoms with Crippen molar-refractivity contribution in [3.05, 3.63) is 82.9 Å². The molecule has 0 unspecified atom stereocenters. The number of urea groups is 1. The van der Waals surface area contributed by atoms with E-state index >= 15 is 0 Å². The van der Waals surface area contributed by atoms with Gasteiger partial charge in [0.15, 0.2) is 0 Å². The van der Waals surface area contributed by atoms with Crippen LogP contribution in [0.5, 0.6) is 0 Å². The molecular weight excluding hydrogens is 377 g/mol. The highest BCUT2D eigenvalue weighted by molar-refractivity contribution is 6.31. The third-order valence-electron chi connectivity index (χ3n) is 5.07. The lowest BCUT2D eigenvalue weighted by Gasteiger charge is -2.33. The van der Waals surface area contributed by atoms with E-state index in [1.54, 1.807) is 0 Å². The van der Waals surface area contributed by atoms with E-state index in [0.717, 1.165) is 16.9 Å². The summed E-state index contributed by atoms with van der Waals surface area (Å²) in [6.45, 7) is 4.68. The summed E-state index contributed by atoms with van der Waals surface area (Å²) in [5.41, 5.74) is 3.67. The van der Waals surface area contributed by atoms with E-state index < -0.39 is 5.82 Å². The van der Waals surface area contributed by atoms with Gasteiger partial charge >= 0.3 is 6.03 Å². The fourth-order valence-electron chi connectivity index (χ4n) is 3.84. The van der Waals surface area contributed by atoms with E-state index in [2.05, 4.69) is 35.9 Å². The second kappa shape index (κ2) is 7.32. The molecule has 2 aromatic carbocycles. The third-order valence-corrected chi connectivity index (χ3v) is 5.36. The Morgan fingerprint density at radius 3 is 2.71 bits per heavy atom. The zero-order valence-corrected chi connectivity index (χ0v) is 16.4.